The number of hydrogen-bond acceptors (Lipinski definition) is 5. The smallest absolute Gasteiger partial charge is 0.340 e. The van der Waals surface area contributed by atoms with Gasteiger partial charge in [0, 0.05) is 23.3 Å². The zero-order valence-corrected chi connectivity index (χ0v) is 13.7. The highest BCUT2D eigenvalue weighted by molar-refractivity contribution is 8.00. The topological polar surface area (TPSA) is 59.5 Å². The van der Waals surface area contributed by atoms with Gasteiger partial charge in [0.05, 0.1) is 12.1 Å². The lowest BCUT2D eigenvalue weighted by molar-refractivity contribution is -0.114. The quantitative estimate of drug-likeness (QED) is 0.784. The van der Waals surface area contributed by atoms with E-state index in [0.717, 1.165) is 17.1 Å². The van der Waals surface area contributed by atoms with E-state index in [1.807, 2.05) is 20.8 Å². The molecule has 22 heavy (non-hydrogen) atoms. The lowest BCUT2D eigenvalue weighted by Gasteiger charge is -2.20. The molecule has 5 nitrogen and oxygen atoms in total. The normalized spacial score (nSPS) is 18.0. The second-order valence-electron chi connectivity index (χ2n) is 6.37. The number of rotatable bonds is 2. The summed E-state index contributed by atoms with van der Waals surface area (Å²) in [7, 11) is 0. The van der Waals surface area contributed by atoms with E-state index in [0.29, 0.717) is 17.9 Å². The Morgan fingerprint density at radius 1 is 1.32 bits per heavy atom. The summed E-state index contributed by atoms with van der Waals surface area (Å²) in [5.41, 5.74) is 1.97. The maximum Gasteiger partial charge on any atom is 0.340 e. The number of ether oxygens (including phenoxy) is 1. The van der Waals surface area contributed by atoms with E-state index in [4.69, 9.17) is 4.74 Å². The number of anilines is 1. The number of thioether (sulfide) groups is 1. The average Bonchev–Trinajstić information content (AvgIpc) is 3.01. The van der Waals surface area contributed by atoms with Gasteiger partial charge in [0.25, 0.3) is 5.91 Å². The molecule has 0 N–H and O–H groups in total. The first kappa shape index (κ1) is 15.1. The molecule has 2 aliphatic rings. The van der Waals surface area contributed by atoms with Crippen LogP contribution < -0.4 is 4.90 Å². The van der Waals surface area contributed by atoms with Crippen molar-refractivity contribution in [2.75, 3.05) is 23.0 Å². The van der Waals surface area contributed by atoms with Crippen molar-refractivity contribution >= 4 is 29.5 Å². The molecule has 0 saturated heterocycles. The minimum Gasteiger partial charge on any atom is -0.456 e. The molecule has 0 unspecified atom stereocenters. The van der Waals surface area contributed by atoms with Crippen molar-refractivity contribution < 1.29 is 14.3 Å². The van der Waals surface area contributed by atoms with Crippen LogP contribution in [0.3, 0.4) is 0 Å². The predicted octanol–water partition coefficient (Wildman–Crippen LogP) is 2.43. The van der Waals surface area contributed by atoms with Crippen LogP contribution in [0.25, 0.3) is 0 Å². The Hall–Kier alpha value is -1.82. The van der Waals surface area contributed by atoms with Crippen molar-refractivity contribution in [2.24, 2.45) is 0 Å². The zero-order valence-electron chi connectivity index (χ0n) is 12.9. The molecular formula is C16H18N2O3S. The number of esters is 1. The molecule has 116 valence electrons. The summed E-state index contributed by atoms with van der Waals surface area (Å²) in [6.45, 7) is 6.07. The van der Waals surface area contributed by atoms with Crippen molar-refractivity contribution in [3.8, 4) is 0 Å². The van der Waals surface area contributed by atoms with Crippen LogP contribution in [0.15, 0.2) is 29.5 Å². The Bertz CT molecular complexity index is 659. The second kappa shape index (κ2) is 5.43. The lowest BCUT2D eigenvalue weighted by atomic mass is 10.2. The van der Waals surface area contributed by atoms with E-state index in [-0.39, 0.29) is 5.91 Å². The predicted molar refractivity (Wildman–Crippen MR) is 86.1 cm³/mol. The van der Waals surface area contributed by atoms with Gasteiger partial charge >= 0.3 is 5.97 Å². The third-order valence-corrected chi connectivity index (χ3v) is 4.51. The summed E-state index contributed by atoms with van der Waals surface area (Å²) in [5, 5.41) is 0. The second-order valence-corrected chi connectivity index (χ2v) is 7.36. The molecule has 6 heteroatoms. The maximum atomic E-state index is 12.3. The molecule has 0 aromatic carbocycles. The number of amides is 1. The fourth-order valence-electron chi connectivity index (χ4n) is 2.43. The fraction of sp³-hybridized carbons (Fsp3) is 0.438. The van der Waals surface area contributed by atoms with Crippen molar-refractivity contribution in [3.63, 3.8) is 0 Å². The van der Waals surface area contributed by atoms with E-state index < -0.39 is 11.6 Å². The number of carbonyl (C=O) groups is 2. The minimum absolute atomic E-state index is 0.0394. The Labute approximate surface area is 133 Å². The first-order valence-corrected chi connectivity index (χ1v) is 8.30. The molecule has 0 fully saturated rings. The van der Waals surface area contributed by atoms with Gasteiger partial charge in [-0.05, 0) is 38.5 Å². The van der Waals surface area contributed by atoms with E-state index in [1.54, 1.807) is 28.8 Å². The van der Waals surface area contributed by atoms with Crippen LogP contribution in [-0.4, -0.2) is 40.5 Å². The number of hydrogen-bond donors (Lipinski definition) is 0. The van der Waals surface area contributed by atoms with Gasteiger partial charge in [-0.1, -0.05) is 0 Å². The van der Waals surface area contributed by atoms with Gasteiger partial charge in [-0.2, -0.15) is 11.8 Å². The van der Waals surface area contributed by atoms with Crippen LogP contribution >= 0.6 is 11.8 Å². The summed E-state index contributed by atoms with van der Waals surface area (Å²) in [5.74, 6) is 1.93. The molecule has 1 aromatic heterocycles. The van der Waals surface area contributed by atoms with Gasteiger partial charge in [0.15, 0.2) is 0 Å². The van der Waals surface area contributed by atoms with E-state index >= 15 is 0 Å². The third-order valence-electron chi connectivity index (χ3n) is 3.46. The van der Waals surface area contributed by atoms with Crippen LogP contribution in [0.5, 0.6) is 0 Å². The minimum atomic E-state index is -0.539. The molecule has 1 aromatic rings. The van der Waals surface area contributed by atoms with Gasteiger partial charge in [0.2, 0.25) is 0 Å². The van der Waals surface area contributed by atoms with Gasteiger partial charge in [0.1, 0.15) is 11.4 Å². The van der Waals surface area contributed by atoms with Gasteiger partial charge < -0.3 is 4.74 Å². The summed E-state index contributed by atoms with van der Waals surface area (Å²) < 4.78 is 5.30. The molecule has 0 saturated carbocycles. The monoisotopic (exact) mass is 318 g/mol. The number of aromatic nitrogens is 1. The van der Waals surface area contributed by atoms with Crippen LogP contribution in [0.2, 0.25) is 0 Å². The van der Waals surface area contributed by atoms with Crippen molar-refractivity contribution in [3.05, 3.63) is 35.0 Å². The molecule has 3 rings (SSSR count). The van der Waals surface area contributed by atoms with Crippen LogP contribution in [0.1, 0.15) is 31.1 Å². The highest BCUT2D eigenvalue weighted by Crippen LogP contribution is 2.33. The van der Waals surface area contributed by atoms with Crippen molar-refractivity contribution in [1.82, 2.24) is 4.98 Å². The number of nitrogens with zero attached hydrogens (tertiary/aromatic N) is 2. The lowest BCUT2D eigenvalue weighted by Crippen LogP contribution is -2.29. The van der Waals surface area contributed by atoms with E-state index in [9.17, 15) is 9.59 Å². The van der Waals surface area contributed by atoms with Crippen LogP contribution in [0, 0.1) is 0 Å². The SMILES string of the molecule is CC(C)(C)OC(=O)c1ccc(N2CC3=C(CSC3)C2=O)nc1. The highest BCUT2D eigenvalue weighted by atomic mass is 32.2. The van der Waals surface area contributed by atoms with Crippen LogP contribution in [0.4, 0.5) is 5.82 Å². The summed E-state index contributed by atoms with van der Waals surface area (Å²) in [6.07, 6.45) is 1.47. The Morgan fingerprint density at radius 2 is 2.09 bits per heavy atom. The number of carbonyl (C=O) groups excluding carboxylic acids is 2. The fourth-order valence-corrected chi connectivity index (χ4v) is 3.58. The molecule has 0 aliphatic carbocycles. The first-order valence-electron chi connectivity index (χ1n) is 7.15. The molecule has 3 heterocycles. The van der Waals surface area contributed by atoms with Gasteiger partial charge in [-0.25, -0.2) is 9.78 Å². The van der Waals surface area contributed by atoms with E-state index in [2.05, 4.69) is 4.98 Å². The largest absolute Gasteiger partial charge is 0.456 e. The summed E-state index contributed by atoms with van der Waals surface area (Å²) in [4.78, 5) is 30.2. The average molecular weight is 318 g/mol. The first-order chi connectivity index (χ1) is 10.3. The van der Waals surface area contributed by atoms with Gasteiger partial charge in [-0.3, -0.25) is 9.69 Å². The van der Waals surface area contributed by atoms with E-state index in [1.165, 1.54) is 11.8 Å². The molecular weight excluding hydrogens is 300 g/mol. The Kier molecular flexibility index (Phi) is 3.72. The molecule has 1 amide bonds. The highest BCUT2D eigenvalue weighted by Gasteiger charge is 2.34. The Morgan fingerprint density at radius 3 is 2.68 bits per heavy atom. The molecule has 0 atom stereocenters. The molecule has 0 bridgehead atoms. The summed E-state index contributed by atoms with van der Waals surface area (Å²) >= 11 is 1.78. The Balaban J connectivity index is 1.73. The zero-order chi connectivity index (χ0) is 15.9. The third kappa shape index (κ3) is 2.88. The summed E-state index contributed by atoms with van der Waals surface area (Å²) in [6, 6.07) is 3.36. The van der Waals surface area contributed by atoms with Crippen LogP contribution in [-0.2, 0) is 9.53 Å². The molecule has 0 radical (unpaired) electrons. The standard InChI is InChI=1S/C16H18N2O3S/c1-16(2,3)21-15(20)10-4-5-13(17-6-10)18-7-11-8-22-9-12(11)14(18)19/h4-6H,7-9H2,1-3H3. The maximum absolute atomic E-state index is 12.3. The number of pyridine rings is 1. The van der Waals surface area contributed by atoms with Gasteiger partial charge in [-0.15, -0.1) is 0 Å². The molecule has 0 spiro atoms. The van der Waals surface area contributed by atoms with Crippen molar-refractivity contribution in [1.29, 1.82) is 0 Å². The van der Waals surface area contributed by atoms with Crippen molar-refractivity contribution in [2.45, 2.75) is 26.4 Å². The molecule has 2 aliphatic heterocycles.